The van der Waals surface area contributed by atoms with Crippen LogP contribution in [0.5, 0.6) is 0 Å². The zero-order chi connectivity index (χ0) is 15.5. The van der Waals surface area contributed by atoms with Crippen LogP contribution in [0.3, 0.4) is 0 Å². The summed E-state index contributed by atoms with van der Waals surface area (Å²) in [6.07, 6.45) is 2.45. The largest absolute Gasteiger partial charge is 0.313 e. The van der Waals surface area contributed by atoms with E-state index in [4.69, 9.17) is 23.2 Å². The topological polar surface area (TPSA) is 46.2 Å². The van der Waals surface area contributed by atoms with E-state index >= 15 is 0 Å². The summed E-state index contributed by atoms with van der Waals surface area (Å²) in [7, 11) is -2.88. The molecular weight excluding hydrogens is 329 g/mol. The number of hydrogen-bond donors (Lipinski definition) is 1. The Balaban J connectivity index is 2.15. The molecule has 1 fully saturated rings. The molecule has 1 N–H and O–H groups in total. The third-order valence-electron chi connectivity index (χ3n) is 3.96. The van der Waals surface area contributed by atoms with Crippen LogP contribution in [0.15, 0.2) is 18.2 Å². The molecule has 1 heterocycles. The molecule has 1 aliphatic rings. The minimum absolute atomic E-state index is 0.123. The van der Waals surface area contributed by atoms with Crippen molar-refractivity contribution in [3.8, 4) is 0 Å². The Labute approximate surface area is 136 Å². The van der Waals surface area contributed by atoms with E-state index in [0.29, 0.717) is 22.2 Å². The molecule has 0 bridgehead atoms. The Morgan fingerprint density at radius 3 is 2.76 bits per heavy atom. The van der Waals surface area contributed by atoms with Crippen LogP contribution < -0.4 is 5.32 Å². The summed E-state index contributed by atoms with van der Waals surface area (Å²) in [5.41, 5.74) is 0.974. The maximum absolute atomic E-state index is 11.7. The SMILES string of the molecule is CCCNC(Cc1cccc(Cl)c1Cl)C1CCS(=O)(=O)C1. The van der Waals surface area contributed by atoms with Crippen LogP contribution >= 0.6 is 23.2 Å². The highest BCUT2D eigenvalue weighted by molar-refractivity contribution is 7.91. The molecule has 21 heavy (non-hydrogen) atoms. The number of sulfone groups is 1. The second-order valence-electron chi connectivity index (χ2n) is 5.64. The van der Waals surface area contributed by atoms with Gasteiger partial charge in [0.25, 0.3) is 0 Å². The van der Waals surface area contributed by atoms with Gasteiger partial charge in [-0.25, -0.2) is 8.42 Å². The number of nitrogens with one attached hydrogen (secondary N) is 1. The molecule has 2 atom stereocenters. The zero-order valence-electron chi connectivity index (χ0n) is 12.1. The first-order chi connectivity index (χ1) is 9.93. The van der Waals surface area contributed by atoms with E-state index in [1.807, 2.05) is 12.1 Å². The molecule has 2 rings (SSSR count). The highest BCUT2D eigenvalue weighted by atomic mass is 35.5. The molecule has 1 aromatic carbocycles. The standard InChI is InChI=1S/C15H21Cl2NO2S/c1-2-7-18-14(12-6-8-21(19,20)10-12)9-11-4-3-5-13(16)15(11)17/h3-5,12,14,18H,2,6-10H2,1H3. The second-order valence-corrected chi connectivity index (χ2v) is 8.65. The first-order valence-electron chi connectivity index (χ1n) is 7.29. The Morgan fingerprint density at radius 1 is 1.38 bits per heavy atom. The fourth-order valence-corrected chi connectivity index (χ4v) is 5.10. The minimum Gasteiger partial charge on any atom is -0.313 e. The average Bonchev–Trinajstić information content (AvgIpc) is 2.79. The van der Waals surface area contributed by atoms with Crippen molar-refractivity contribution in [1.82, 2.24) is 5.32 Å². The number of benzene rings is 1. The fraction of sp³-hybridized carbons (Fsp3) is 0.600. The van der Waals surface area contributed by atoms with Crippen molar-refractivity contribution in [3.05, 3.63) is 33.8 Å². The summed E-state index contributed by atoms with van der Waals surface area (Å²) in [4.78, 5) is 0. The summed E-state index contributed by atoms with van der Waals surface area (Å²) in [5, 5.41) is 4.59. The number of halogens is 2. The van der Waals surface area contributed by atoms with Gasteiger partial charge in [-0.2, -0.15) is 0 Å². The van der Waals surface area contributed by atoms with Gasteiger partial charge < -0.3 is 5.32 Å². The Kier molecular flexibility index (Phi) is 5.95. The van der Waals surface area contributed by atoms with Gasteiger partial charge in [0.2, 0.25) is 0 Å². The van der Waals surface area contributed by atoms with Crippen molar-refractivity contribution in [3.63, 3.8) is 0 Å². The van der Waals surface area contributed by atoms with Gasteiger partial charge in [-0.3, -0.25) is 0 Å². The fourth-order valence-electron chi connectivity index (χ4n) is 2.82. The van der Waals surface area contributed by atoms with Crippen LogP contribution in [0.4, 0.5) is 0 Å². The normalized spacial score (nSPS) is 22.3. The van der Waals surface area contributed by atoms with Gasteiger partial charge in [0, 0.05) is 6.04 Å². The van der Waals surface area contributed by atoms with Crippen molar-refractivity contribution in [2.45, 2.75) is 32.2 Å². The molecule has 0 aromatic heterocycles. The Morgan fingerprint density at radius 2 is 2.14 bits per heavy atom. The van der Waals surface area contributed by atoms with E-state index in [1.165, 1.54) is 0 Å². The maximum atomic E-state index is 11.7. The van der Waals surface area contributed by atoms with Gasteiger partial charge in [0.05, 0.1) is 21.6 Å². The van der Waals surface area contributed by atoms with Gasteiger partial charge in [-0.1, -0.05) is 42.3 Å². The van der Waals surface area contributed by atoms with Crippen LogP contribution in [0, 0.1) is 5.92 Å². The van der Waals surface area contributed by atoms with Crippen molar-refractivity contribution in [2.24, 2.45) is 5.92 Å². The Hall–Kier alpha value is -0.290. The molecular formula is C15H21Cl2NO2S. The predicted molar refractivity (Wildman–Crippen MR) is 89.0 cm³/mol. The smallest absolute Gasteiger partial charge is 0.150 e. The highest BCUT2D eigenvalue weighted by Crippen LogP contribution is 2.29. The molecule has 1 aliphatic heterocycles. The van der Waals surface area contributed by atoms with E-state index in [0.717, 1.165) is 24.9 Å². The molecule has 6 heteroatoms. The van der Waals surface area contributed by atoms with Crippen molar-refractivity contribution < 1.29 is 8.42 Å². The van der Waals surface area contributed by atoms with E-state index in [-0.39, 0.29) is 17.7 Å². The quantitative estimate of drug-likeness (QED) is 0.856. The first kappa shape index (κ1) is 17.1. The van der Waals surface area contributed by atoms with Gasteiger partial charge in [0.1, 0.15) is 0 Å². The third kappa shape index (κ3) is 4.59. The molecule has 0 aliphatic carbocycles. The average molecular weight is 350 g/mol. The zero-order valence-corrected chi connectivity index (χ0v) is 14.4. The lowest BCUT2D eigenvalue weighted by atomic mass is 9.93. The molecule has 3 nitrogen and oxygen atoms in total. The number of hydrogen-bond acceptors (Lipinski definition) is 3. The molecule has 1 saturated heterocycles. The van der Waals surface area contributed by atoms with Crippen molar-refractivity contribution >= 4 is 33.0 Å². The van der Waals surface area contributed by atoms with Gasteiger partial charge in [-0.15, -0.1) is 0 Å². The van der Waals surface area contributed by atoms with Gasteiger partial charge in [0.15, 0.2) is 9.84 Å². The van der Waals surface area contributed by atoms with Crippen LogP contribution in [0.1, 0.15) is 25.3 Å². The summed E-state index contributed by atoms with van der Waals surface area (Å²) >= 11 is 12.3. The lowest BCUT2D eigenvalue weighted by Crippen LogP contribution is -2.39. The minimum atomic E-state index is -2.88. The molecule has 1 aromatic rings. The van der Waals surface area contributed by atoms with Crippen LogP contribution in [0.2, 0.25) is 10.0 Å². The maximum Gasteiger partial charge on any atom is 0.150 e. The molecule has 0 amide bonds. The molecule has 118 valence electrons. The lowest BCUT2D eigenvalue weighted by molar-refractivity contribution is 0.379. The van der Waals surface area contributed by atoms with E-state index in [9.17, 15) is 8.42 Å². The van der Waals surface area contributed by atoms with Crippen LogP contribution in [-0.2, 0) is 16.3 Å². The second kappa shape index (κ2) is 7.32. The van der Waals surface area contributed by atoms with Crippen molar-refractivity contribution in [1.29, 1.82) is 0 Å². The molecule has 2 unspecified atom stereocenters. The van der Waals surface area contributed by atoms with Gasteiger partial charge in [-0.05, 0) is 43.4 Å². The summed E-state index contributed by atoms with van der Waals surface area (Å²) in [6, 6.07) is 5.73. The summed E-state index contributed by atoms with van der Waals surface area (Å²) in [5.74, 6) is 0.717. The molecule has 0 radical (unpaired) electrons. The first-order valence-corrected chi connectivity index (χ1v) is 9.87. The lowest BCUT2D eigenvalue weighted by Gasteiger charge is -2.24. The monoisotopic (exact) mass is 349 g/mol. The third-order valence-corrected chi connectivity index (χ3v) is 6.62. The highest BCUT2D eigenvalue weighted by Gasteiger charge is 2.33. The summed E-state index contributed by atoms with van der Waals surface area (Å²) in [6.45, 7) is 2.97. The molecule has 0 saturated carbocycles. The number of rotatable bonds is 6. The summed E-state index contributed by atoms with van der Waals surface area (Å²) < 4.78 is 23.4. The van der Waals surface area contributed by atoms with Crippen LogP contribution in [-0.4, -0.2) is 32.5 Å². The van der Waals surface area contributed by atoms with E-state index in [2.05, 4.69) is 12.2 Å². The van der Waals surface area contributed by atoms with Crippen molar-refractivity contribution in [2.75, 3.05) is 18.1 Å². The predicted octanol–water partition coefficient (Wildman–Crippen LogP) is 3.34. The van der Waals surface area contributed by atoms with E-state index < -0.39 is 9.84 Å². The van der Waals surface area contributed by atoms with E-state index in [1.54, 1.807) is 6.07 Å². The molecule has 0 spiro atoms. The Bertz CT molecular complexity index is 589. The van der Waals surface area contributed by atoms with Crippen LogP contribution in [0.25, 0.3) is 0 Å². The van der Waals surface area contributed by atoms with Gasteiger partial charge >= 0.3 is 0 Å².